The molecule has 108 valence electrons. The molecule has 0 bridgehead atoms. The van der Waals surface area contributed by atoms with Crippen LogP contribution in [0.15, 0.2) is 16.7 Å². The number of rotatable bonds is 5. The van der Waals surface area contributed by atoms with Crippen LogP contribution in [0.3, 0.4) is 0 Å². The van der Waals surface area contributed by atoms with E-state index in [9.17, 15) is 13.2 Å². The predicted molar refractivity (Wildman–Crippen MR) is 71.5 cm³/mol. The van der Waals surface area contributed by atoms with E-state index in [-0.39, 0.29) is 21.9 Å². The zero-order valence-corrected chi connectivity index (χ0v) is 12.3. The molecular weight excluding hydrogens is 304 g/mol. The van der Waals surface area contributed by atoms with Gasteiger partial charge in [-0.1, -0.05) is 11.3 Å². The van der Waals surface area contributed by atoms with Crippen LogP contribution in [0.25, 0.3) is 0 Å². The SMILES string of the molecule is CC(=O)Nc1nnc(S(=O)(=O)N(C)Cc2cn[nH]c2)s1. The van der Waals surface area contributed by atoms with Gasteiger partial charge in [0, 0.05) is 32.3 Å². The number of carbonyl (C=O) groups excluding carboxylic acids is 1. The Hall–Kier alpha value is -1.85. The highest BCUT2D eigenvalue weighted by Gasteiger charge is 2.26. The topological polar surface area (TPSA) is 121 Å². The van der Waals surface area contributed by atoms with E-state index in [1.807, 2.05) is 0 Å². The summed E-state index contributed by atoms with van der Waals surface area (Å²) in [6.07, 6.45) is 3.14. The third kappa shape index (κ3) is 3.18. The van der Waals surface area contributed by atoms with Gasteiger partial charge in [0.15, 0.2) is 0 Å². The Bertz CT molecular complexity index is 693. The molecule has 0 saturated heterocycles. The Morgan fingerprint density at radius 3 is 2.85 bits per heavy atom. The number of amides is 1. The van der Waals surface area contributed by atoms with Crippen LogP contribution >= 0.6 is 11.3 Å². The number of aromatic nitrogens is 4. The summed E-state index contributed by atoms with van der Waals surface area (Å²) < 4.78 is 25.5. The molecule has 9 nitrogen and oxygen atoms in total. The van der Waals surface area contributed by atoms with Crippen molar-refractivity contribution in [3.8, 4) is 0 Å². The largest absolute Gasteiger partial charge is 0.301 e. The number of aromatic amines is 1. The fourth-order valence-corrected chi connectivity index (χ4v) is 3.65. The Morgan fingerprint density at radius 2 is 2.25 bits per heavy atom. The molecular formula is C9H12N6O3S2. The second kappa shape index (κ2) is 5.64. The number of carbonyl (C=O) groups is 1. The Kier molecular flexibility index (Phi) is 4.11. The van der Waals surface area contributed by atoms with E-state index >= 15 is 0 Å². The maximum Gasteiger partial charge on any atom is 0.272 e. The first-order chi connectivity index (χ1) is 9.39. The molecule has 2 aromatic rings. The van der Waals surface area contributed by atoms with Gasteiger partial charge in [-0.3, -0.25) is 9.89 Å². The van der Waals surface area contributed by atoms with Crippen molar-refractivity contribution < 1.29 is 13.2 Å². The van der Waals surface area contributed by atoms with E-state index in [4.69, 9.17) is 0 Å². The van der Waals surface area contributed by atoms with E-state index in [1.165, 1.54) is 20.2 Å². The van der Waals surface area contributed by atoms with Crippen LogP contribution in [0.1, 0.15) is 12.5 Å². The van der Waals surface area contributed by atoms with Crippen LogP contribution in [-0.4, -0.2) is 46.1 Å². The monoisotopic (exact) mass is 316 g/mol. The van der Waals surface area contributed by atoms with Gasteiger partial charge in [0.25, 0.3) is 10.0 Å². The first-order valence-corrected chi connectivity index (χ1v) is 7.70. The predicted octanol–water partition coefficient (Wildman–Crippen LogP) is 0.0403. The Balaban J connectivity index is 2.16. The van der Waals surface area contributed by atoms with E-state index in [2.05, 4.69) is 25.7 Å². The first kappa shape index (κ1) is 14.6. The lowest BCUT2D eigenvalue weighted by Crippen LogP contribution is -2.26. The molecule has 0 unspecified atom stereocenters. The molecule has 0 aliphatic heterocycles. The number of anilines is 1. The number of hydrogen-bond acceptors (Lipinski definition) is 7. The van der Waals surface area contributed by atoms with Crippen molar-refractivity contribution in [3.63, 3.8) is 0 Å². The van der Waals surface area contributed by atoms with Crippen molar-refractivity contribution in [3.05, 3.63) is 18.0 Å². The maximum absolute atomic E-state index is 12.2. The van der Waals surface area contributed by atoms with Crippen LogP contribution in [0, 0.1) is 0 Å². The number of nitrogens with zero attached hydrogens (tertiary/aromatic N) is 4. The summed E-state index contributed by atoms with van der Waals surface area (Å²) in [5.41, 5.74) is 0.725. The molecule has 0 aromatic carbocycles. The number of hydrogen-bond donors (Lipinski definition) is 2. The fraction of sp³-hybridized carbons (Fsp3) is 0.333. The van der Waals surface area contributed by atoms with E-state index in [0.29, 0.717) is 0 Å². The third-order valence-corrected chi connectivity index (χ3v) is 5.27. The number of sulfonamides is 1. The summed E-state index contributed by atoms with van der Waals surface area (Å²) in [4.78, 5) is 10.9. The second-order valence-corrected chi connectivity index (χ2v) is 7.12. The Morgan fingerprint density at radius 1 is 1.50 bits per heavy atom. The van der Waals surface area contributed by atoms with Gasteiger partial charge < -0.3 is 5.32 Å². The molecule has 2 N–H and O–H groups in total. The number of H-pyrrole nitrogens is 1. The highest BCUT2D eigenvalue weighted by atomic mass is 32.2. The molecule has 1 amide bonds. The zero-order valence-electron chi connectivity index (χ0n) is 10.7. The van der Waals surface area contributed by atoms with Gasteiger partial charge in [-0.2, -0.15) is 9.40 Å². The van der Waals surface area contributed by atoms with Crippen LogP contribution in [0.2, 0.25) is 0 Å². The molecule has 2 heterocycles. The Labute approximate surface area is 119 Å². The fourth-order valence-electron chi connectivity index (χ4n) is 1.35. The molecule has 0 fully saturated rings. The van der Waals surface area contributed by atoms with Crippen LogP contribution in [0.4, 0.5) is 5.13 Å². The average Bonchev–Trinajstić information content (AvgIpc) is 2.99. The van der Waals surface area contributed by atoms with Gasteiger partial charge >= 0.3 is 0 Å². The zero-order chi connectivity index (χ0) is 14.8. The first-order valence-electron chi connectivity index (χ1n) is 5.44. The lowest BCUT2D eigenvalue weighted by atomic mass is 10.4. The lowest BCUT2D eigenvalue weighted by Gasteiger charge is -2.13. The smallest absolute Gasteiger partial charge is 0.272 e. The maximum atomic E-state index is 12.2. The lowest BCUT2D eigenvalue weighted by molar-refractivity contribution is -0.114. The van der Waals surface area contributed by atoms with Gasteiger partial charge in [-0.25, -0.2) is 8.42 Å². The second-order valence-electron chi connectivity index (χ2n) is 3.92. The molecule has 0 radical (unpaired) electrons. The van der Waals surface area contributed by atoms with Gasteiger partial charge in [0.05, 0.1) is 6.20 Å². The third-order valence-electron chi connectivity index (χ3n) is 2.28. The van der Waals surface area contributed by atoms with E-state index in [0.717, 1.165) is 21.2 Å². The van der Waals surface area contributed by atoms with Crippen molar-refractivity contribution in [1.29, 1.82) is 0 Å². The number of nitrogens with one attached hydrogen (secondary N) is 2. The molecule has 0 aliphatic carbocycles. The van der Waals surface area contributed by atoms with Crippen LogP contribution in [-0.2, 0) is 21.4 Å². The molecule has 0 spiro atoms. The highest BCUT2D eigenvalue weighted by Crippen LogP contribution is 2.23. The summed E-state index contributed by atoms with van der Waals surface area (Å²) in [5, 5.41) is 16.1. The summed E-state index contributed by atoms with van der Waals surface area (Å²) >= 11 is 0.802. The van der Waals surface area contributed by atoms with E-state index < -0.39 is 10.0 Å². The molecule has 0 atom stereocenters. The highest BCUT2D eigenvalue weighted by molar-refractivity contribution is 7.91. The minimum Gasteiger partial charge on any atom is -0.301 e. The average molecular weight is 316 g/mol. The normalized spacial score (nSPS) is 11.8. The minimum absolute atomic E-state index is 0.146. The van der Waals surface area contributed by atoms with Gasteiger partial charge in [0.1, 0.15) is 0 Å². The molecule has 0 saturated carbocycles. The quantitative estimate of drug-likeness (QED) is 0.751. The standard InChI is InChI=1S/C9H12N6O3S2/c1-6(16)12-8-13-14-9(19-8)20(17,18)15(2)5-7-3-10-11-4-7/h3-4H,5H2,1-2H3,(H,10,11)(H,12,13,16). The summed E-state index contributed by atoms with van der Waals surface area (Å²) in [7, 11) is -2.31. The summed E-state index contributed by atoms with van der Waals surface area (Å²) in [6.45, 7) is 1.47. The van der Waals surface area contributed by atoms with Crippen LogP contribution < -0.4 is 5.32 Å². The summed E-state index contributed by atoms with van der Waals surface area (Å²) in [6, 6.07) is 0. The van der Waals surface area contributed by atoms with Crippen molar-refractivity contribution in [1.82, 2.24) is 24.7 Å². The van der Waals surface area contributed by atoms with Crippen molar-refractivity contribution in [2.45, 2.75) is 17.8 Å². The molecule has 0 aliphatic rings. The van der Waals surface area contributed by atoms with Crippen molar-refractivity contribution >= 4 is 32.4 Å². The molecule has 2 rings (SSSR count). The van der Waals surface area contributed by atoms with Gasteiger partial charge in [-0.15, -0.1) is 10.2 Å². The molecule has 20 heavy (non-hydrogen) atoms. The molecule has 2 aromatic heterocycles. The van der Waals surface area contributed by atoms with Crippen LogP contribution in [0.5, 0.6) is 0 Å². The summed E-state index contributed by atoms with van der Waals surface area (Å²) in [5.74, 6) is -0.336. The van der Waals surface area contributed by atoms with Gasteiger partial charge in [-0.05, 0) is 0 Å². The minimum atomic E-state index is -3.74. The van der Waals surface area contributed by atoms with Gasteiger partial charge in [0.2, 0.25) is 15.4 Å². The van der Waals surface area contributed by atoms with Crippen molar-refractivity contribution in [2.75, 3.05) is 12.4 Å². The van der Waals surface area contributed by atoms with Crippen molar-refractivity contribution in [2.24, 2.45) is 0 Å². The van der Waals surface area contributed by atoms with E-state index in [1.54, 1.807) is 6.20 Å². The molecule has 11 heteroatoms.